The van der Waals surface area contributed by atoms with Crippen molar-refractivity contribution in [3.8, 4) is 5.75 Å². The number of amidine groups is 1. The lowest BCUT2D eigenvalue weighted by atomic mass is 10.2. The van der Waals surface area contributed by atoms with E-state index in [1.807, 2.05) is 55.5 Å². The highest BCUT2D eigenvalue weighted by Crippen LogP contribution is 2.34. The molecule has 3 rings (SSSR count). The van der Waals surface area contributed by atoms with Gasteiger partial charge in [0, 0.05) is 18.3 Å². The van der Waals surface area contributed by atoms with E-state index in [0.29, 0.717) is 28.2 Å². The zero-order valence-electron chi connectivity index (χ0n) is 14.7. The molecular weight excluding hydrogens is 346 g/mol. The summed E-state index contributed by atoms with van der Waals surface area (Å²) in [6.45, 7) is 5.98. The topological polar surface area (TPSA) is 54.8 Å². The van der Waals surface area contributed by atoms with E-state index in [2.05, 4.69) is 16.6 Å². The second kappa shape index (κ2) is 8.01. The number of hydrogen-bond acceptors (Lipinski definition) is 5. The van der Waals surface area contributed by atoms with Crippen molar-refractivity contribution in [2.75, 3.05) is 13.7 Å². The molecule has 0 atom stereocenters. The third kappa shape index (κ3) is 4.03. The fraction of sp³-hybridized carbons (Fsp3) is 0.150. The summed E-state index contributed by atoms with van der Waals surface area (Å²) in [6, 6.07) is 13.2. The van der Waals surface area contributed by atoms with Gasteiger partial charge in [-0.05, 0) is 43.0 Å². The third-order valence-electron chi connectivity index (χ3n) is 3.65. The smallest absolute Gasteiger partial charge is 0.266 e. The molecule has 0 N–H and O–H groups in total. The maximum absolute atomic E-state index is 12.6. The van der Waals surface area contributed by atoms with Crippen LogP contribution in [-0.4, -0.2) is 34.6 Å². The van der Waals surface area contributed by atoms with Crippen molar-refractivity contribution in [3.63, 3.8) is 0 Å². The molecule has 0 radical (unpaired) electrons. The number of carbonyl (C=O) groups is 1. The summed E-state index contributed by atoms with van der Waals surface area (Å²) < 4.78 is 5.66. The van der Waals surface area contributed by atoms with Gasteiger partial charge in [0.05, 0.1) is 4.91 Å². The average Bonchev–Trinajstić information content (AvgIpc) is 2.89. The maximum atomic E-state index is 12.6. The Hall–Kier alpha value is -2.86. The van der Waals surface area contributed by atoms with Crippen LogP contribution in [0.2, 0.25) is 0 Å². The van der Waals surface area contributed by atoms with Crippen LogP contribution in [0.15, 0.2) is 65.0 Å². The van der Waals surface area contributed by atoms with Gasteiger partial charge in [-0.1, -0.05) is 36.9 Å². The monoisotopic (exact) mass is 365 g/mol. The standard InChI is InChI=1S/C20H19N3O2S/c1-4-12-25-16-10-6-5-9-15(16)13-17-19(24)23(3)20(26-17)22-18-11-7-8-14(2)21-18/h4-11,13H,1,12H2,2-3H3/b17-13-,22-20+. The molecule has 2 aromatic rings. The molecule has 0 saturated carbocycles. The number of aliphatic imine (C=N–C) groups is 1. The number of pyridine rings is 1. The number of carbonyl (C=O) groups excluding carboxylic acids is 1. The molecule has 2 heterocycles. The molecule has 0 spiro atoms. The number of aryl methyl sites for hydroxylation is 1. The molecule has 0 unspecified atom stereocenters. The van der Waals surface area contributed by atoms with Crippen LogP contribution in [0.3, 0.4) is 0 Å². The Balaban J connectivity index is 1.89. The van der Waals surface area contributed by atoms with E-state index in [9.17, 15) is 4.79 Å². The molecule has 1 aromatic carbocycles. The molecule has 5 nitrogen and oxygen atoms in total. The summed E-state index contributed by atoms with van der Waals surface area (Å²) in [7, 11) is 1.71. The summed E-state index contributed by atoms with van der Waals surface area (Å²) in [5, 5.41) is 0.601. The van der Waals surface area contributed by atoms with Gasteiger partial charge in [-0.25, -0.2) is 9.98 Å². The minimum atomic E-state index is -0.0973. The van der Waals surface area contributed by atoms with Crippen LogP contribution in [0.1, 0.15) is 11.3 Å². The van der Waals surface area contributed by atoms with Gasteiger partial charge in [0.25, 0.3) is 5.91 Å². The highest BCUT2D eigenvalue weighted by Gasteiger charge is 2.30. The molecule has 26 heavy (non-hydrogen) atoms. The van der Waals surface area contributed by atoms with E-state index < -0.39 is 0 Å². The minimum Gasteiger partial charge on any atom is -0.489 e. The van der Waals surface area contributed by atoms with Crippen LogP contribution in [0, 0.1) is 6.92 Å². The van der Waals surface area contributed by atoms with E-state index in [4.69, 9.17) is 4.74 Å². The predicted octanol–water partition coefficient (Wildman–Crippen LogP) is 4.19. The van der Waals surface area contributed by atoms with Gasteiger partial charge in [0.15, 0.2) is 11.0 Å². The number of hydrogen-bond donors (Lipinski definition) is 0. The number of benzene rings is 1. The first-order valence-electron chi connectivity index (χ1n) is 8.11. The van der Waals surface area contributed by atoms with Crippen LogP contribution in [0.25, 0.3) is 6.08 Å². The fourth-order valence-electron chi connectivity index (χ4n) is 2.36. The van der Waals surface area contributed by atoms with E-state index in [0.717, 1.165) is 11.3 Å². The first-order chi connectivity index (χ1) is 12.6. The molecule has 132 valence electrons. The van der Waals surface area contributed by atoms with Crippen LogP contribution < -0.4 is 4.74 Å². The van der Waals surface area contributed by atoms with Crippen molar-refractivity contribution in [2.24, 2.45) is 4.99 Å². The Morgan fingerprint density at radius 1 is 1.27 bits per heavy atom. The van der Waals surface area contributed by atoms with Crippen molar-refractivity contribution in [2.45, 2.75) is 6.92 Å². The summed E-state index contributed by atoms with van der Waals surface area (Å²) in [6.07, 6.45) is 3.51. The zero-order chi connectivity index (χ0) is 18.5. The Morgan fingerprint density at radius 2 is 2.08 bits per heavy atom. The first kappa shape index (κ1) is 17.9. The predicted molar refractivity (Wildman–Crippen MR) is 107 cm³/mol. The summed E-state index contributed by atoms with van der Waals surface area (Å²) in [5.74, 6) is 1.20. The molecule has 0 aliphatic carbocycles. The van der Waals surface area contributed by atoms with Crippen LogP contribution in [0.5, 0.6) is 5.75 Å². The maximum Gasteiger partial charge on any atom is 0.266 e. The summed E-state index contributed by atoms with van der Waals surface area (Å²) >= 11 is 1.33. The molecule has 1 aromatic heterocycles. The Labute approximate surface area is 157 Å². The van der Waals surface area contributed by atoms with Crippen molar-refractivity contribution < 1.29 is 9.53 Å². The Kier molecular flexibility index (Phi) is 5.53. The SMILES string of the molecule is C=CCOc1ccccc1/C=C1\S/C(=N/c2cccc(C)n2)N(C)C1=O. The molecule has 1 saturated heterocycles. The third-order valence-corrected chi connectivity index (χ3v) is 4.71. The highest BCUT2D eigenvalue weighted by atomic mass is 32.2. The number of para-hydroxylation sites is 1. The fourth-order valence-corrected chi connectivity index (χ4v) is 3.33. The molecule has 0 bridgehead atoms. The van der Waals surface area contributed by atoms with Gasteiger partial charge in [-0.15, -0.1) is 0 Å². The van der Waals surface area contributed by atoms with Crippen molar-refractivity contribution in [3.05, 3.63) is 71.3 Å². The first-order valence-corrected chi connectivity index (χ1v) is 8.93. The molecule has 1 aliphatic heterocycles. The summed E-state index contributed by atoms with van der Waals surface area (Å²) in [4.78, 5) is 23.6. The molecule has 1 aliphatic rings. The second-order valence-electron chi connectivity index (χ2n) is 5.64. The Morgan fingerprint density at radius 3 is 2.85 bits per heavy atom. The van der Waals surface area contributed by atoms with Gasteiger partial charge < -0.3 is 4.74 Å². The molecule has 6 heteroatoms. The lowest BCUT2D eigenvalue weighted by Crippen LogP contribution is -2.23. The number of likely N-dealkylation sites (N-methyl/N-ethyl adjacent to an activating group) is 1. The van der Waals surface area contributed by atoms with Crippen LogP contribution in [0.4, 0.5) is 5.82 Å². The number of aromatic nitrogens is 1. The van der Waals surface area contributed by atoms with Gasteiger partial charge in [0.1, 0.15) is 12.4 Å². The number of ether oxygens (including phenoxy) is 1. The zero-order valence-corrected chi connectivity index (χ0v) is 15.5. The van der Waals surface area contributed by atoms with Crippen LogP contribution >= 0.6 is 11.8 Å². The lowest BCUT2D eigenvalue weighted by molar-refractivity contribution is -0.121. The lowest BCUT2D eigenvalue weighted by Gasteiger charge is -2.07. The second-order valence-corrected chi connectivity index (χ2v) is 6.65. The number of rotatable bonds is 5. The molecular formula is C20H19N3O2S. The van der Waals surface area contributed by atoms with Crippen molar-refractivity contribution >= 4 is 34.7 Å². The van der Waals surface area contributed by atoms with Gasteiger partial charge in [-0.2, -0.15) is 0 Å². The highest BCUT2D eigenvalue weighted by molar-refractivity contribution is 8.18. The van der Waals surface area contributed by atoms with Gasteiger partial charge in [-0.3, -0.25) is 9.69 Å². The molecule has 1 fully saturated rings. The largest absolute Gasteiger partial charge is 0.489 e. The normalized spacial score (nSPS) is 17.2. The Bertz CT molecular complexity index is 905. The van der Waals surface area contributed by atoms with E-state index in [1.165, 1.54) is 16.7 Å². The molecule has 1 amide bonds. The van der Waals surface area contributed by atoms with Gasteiger partial charge >= 0.3 is 0 Å². The summed E-state index contributed by atoms with van der Waals surface area (Å²) in [5.41, 5.74) is 1.72. The average molecular weight is 365 g/mol. The quantitative estimate of drug-likeness (QED) is 0.589. The number of thioether (sulfide) groups is 1. The van der Waals surface area contributed by atoms with E-state index in [-0.39, 0.29) is 5.91 Å². The van der Waals surface area contributed by atoms with Crippen LogP contribution in [-0.2, 0) is 4.79 Å². The van der Waals surface area contributed by atoms with Crippen molar-refractivity contribution in [1.82, 2.24) is 9.88 Å². The van der Waals surface area contributed by atoms with E-state index >= 15 is 0 Å². The minimum absolute atomic E-state index is 0.0973. The van der Waals surface area contributed by atoms with Gasteiger partial charge in [0.2, 0.25) is 0 Å². The number of nitrogens with zero attached hydrogens (tertiary/aromatic N) is 3. The van der Waals surface area contributed by atoms with E-state index in [1.54, 1.807) is 13.1 Å². The van der Waals surface area contributed by atoms with Crippen molar-refractivity contribution in [1.29, 1.82) is 0 Å². The number of amides is 1.